The van der Waals surface area contributed by atoms with E-state index >= 15 is 0 Å². The van der Waals surface area contributed by atoms with Crippen molar-refractivity contribution in [2.45, 2.75) is 39.2 Å². The molecule has 33 heavy (non-hydrogen) atoms. The summed E-state index contributed by atoms with van der Waals surface area (Å²) in [6.07, 6.45) is 1.32. The van der Waals surface area contributed by atoms with E-state index in [9.17, 15) is 14.4 Å². The minimum Gasteiger partial charge on any atom is -0.464 e. The summed E-state index contributed by atoms with van der Waals surface area (Å²) in [7, 11) is 1.73. The zero-order chi connectivity index (χ0) is 23.8. The van der Waals surface area contributed by atoms with Crippen molar-refractivity contribution in [1.29, 1.82) is 0 Å². The quantitative estimate of drug-likeness (QED) is 0.542. The second kappa shape index (κ2) is 8.58. The van der Waals surface area contributed by atoms with Crippen LogP contribution in [0.4, 0.5) is 16.2 Å². The summed E-state index contributed by atoms with van der Waals surface area (Å²) < 4.78 is 10.9. The fourth-order valence-electron chi connectivity index (χ4n) is 3.79. The topological polar surface area (TPSA) is 88.9 Å². The summed E-state index contributed by atoms with van der Waals surface area (Å²) in [5, 5.41) is 2.75. The fourth-order valence-corrected chi connectivity index (χ4v) is 3.79. The summed E-state index contributed by atoms with van der Waals surface area (Å²) in [5.74, 6) is 0.542. The van der Waals surface area contributed by atoms with Gasteiger partial charge >= 0.3 is 6.09 Å². The standard InChI is InChI=1S/C26H26N2O5/c1-26(2,3)33-25(31)27-20-9-7-17(23-6-5-11-32-23)13-18(20)14-22(29)16-8-10-21-19(12-16)15-24(30)28(21)4/h5-13H,14-15H2,1-4H3,(H,27,31). The molecule has 0 bridgehead atoms. The van der Waals surface area contributed by atoms with E-state index in [4.69, 9.17) is 9.15 Å². The van der Waals surface area contributed by atoms with Crippen LogP contribution in [0.1, 0.15) is 42.3 Å². The maximum Gasteiger partial charge on any atom is 0.412 e. The molecule has 2 heterocycles. The number of carbonyl (C=O) groups is 3. The van der Waals surface area contributed by atoms with E-state index in [-0.39, 0.29) is 24.5 Å². The Hall–Kier alpha value is -3.87. The van der Waals surface area contributed by atoms with Crippen LogP contribution >= 0.6 is 0 Å². The average molecular weight is 447 g/mol. The summed E-state index contributed by atoms with van der Waals surface area (Å²) in [6, 6.07) is 14.3. The van der Waals surface area contributed by atoms with E-state index in [0.717, 1.165) is 16.8 Å². The van der Waals surface area contributed by atoms with Gasteiger partial charge < -0.3 is 14.1 Å². The van der Waals surface area contributed by atoms with Gasteiger partial charge in [0.1, 0.15) is 11.4 Å². The third kappa shape index (κ3) is 4.98. The Morgan fingerprint density at radius 2 is 1.91 bits per heavy atom. The minimum atomic E-state index is -0.650. The molecule has 2 amide bonds. The van der Waals surface area contributed by atoms with E-state index < -0.39 is 11.7 Å². The van der Waals surface area contributed by atoms with Gasteiger partial charge in [0.05, 0.1) is 12.7 Å². The van der Waals surface area contributed by atoms with Crippen LogP contribution in [0.15, 0.2) is 59.2 Å². The Kier molecular flexibility index (Phi) is 5.80. The number of nitrogens with one attached hydrogen (secondary N) is 1. The van der Waals surface area contributed by atoms with Crippen LogP contribution in [-0.4, -0.2) is 30.4 Å². The highest BCUT2D eigenvalue weighted by atomic mass is 16.6. The Labute approximate surface area is 192 Å². The van der Waals surface area contributed by atoms with Gasteiger partial charge in [0, 0.05) is 36.0 Å². The number of hydrogen-bond donors (Lipinski definition) is 1. The number of ether oxygens (including phenoxy) is 1. The van der Waals surface area contributed by atoms with Crippen molar-refractivity contribution in [1.82, 2.24) is 0 Å². The van der Waals surface area contributed by atoms with Gasteiger partial charge in [-0.1, -0.05) is 0 Å². The highest BCUT2D eigenvalue weighted by molar-refractivity contribution is 6.04. The van der Waals surface area contributed by atoms with Crippen LogP contribution in [0.2, 0.25) is 0 Å². The van der Waals surface area contributed by atoms with E-state index in [1.54, 1.807) is 69.3 Å². The van der Waals surface area contributed by atoms with Crippen LogP contribution in [0.5, 0.6) is 0 Å². The first-order chi connectivity index (χ1) is 15.6. The summed E-state index contributed by atoms with van der Waals surface area (Å²) >= 11 is 0. The molecule has 0 unspecified atom stereocenters. The van der Waals surface area contributed by atoms with Crippen LogP contribution < -0.4 is 10.2 Å². The lowest BCUT2D eigenvalue weighted by atomic mass is 9.97. The van der Waals surface area contributed by atoms with Crippen LogP contribution in [0, 0.1) is 0 Å². The number of anilines is 2. The van der Waals surface area contributed by atoms with Gasteiger partial charge in [-0.25, -0.2) is 4.79 Å². The predicted molar refractivity (Wildman–Crippen MR) is 126 cm³/mol. The van der Waals surface area contributed by atoms with Crippen LogP contribution in [0.25, 0.3) is 11.3 Å². The molecule has 3 aromatic rings. The molecule has 0 saturated heterocycles. The van der Waals surface area contributed by atoms with Gasteiger partial charge in [-0.05, 0) is 80.4 Å². The zero-order valence-corrected chi connectivity index (χ0v) is 19.1. The van der Waals surface area contributed by atoms with Crippen molar-refractivity contribution in [3.8, 4) is 11.3 Å². The van der Waals surface area contributed by atoms with Crippen LogP contribution in [-0.2, 0) is 22.4 Å². The number of amides is 2. The number of rotatable bonds is 5. The third-order valence-electron chi connectivity index (χ3n) is 5.38. The van der Waals surface area contributed by atoms with E-state index in [1.807, 2.05) is 18.2 Å². The summed E-state index contributed by atoms with van der Waals surface area (Å²) in [6.45, 7) is 5.35. The van der Waals surface area contributed by atoms with Gasteiger partial charge in [0.15, 0.2) is 5.78 Å². The Morgan fingerprint density at radius 3 is 2.61 bits per heavy atom. The largest absolute Gasteiger partial charge is 0.464 e. The number of Topliss-reactive ketones (excluding diaryl/α,β-unsaturated/α-hetero) is 1. The number of carbonyl (C=O) groups excluding carboxylic acids is 3. The monoisotopic (exact) mass is 446 g/mol. The molecule has 1 N–H and O–H groups in total. The van der Waals surface area contributed by atoms with Crippen molar-refractivity contribution in [2.24, 2.45) is 0 Å². The molecule has 2 aromatic carbocycles. The number of hydrogen-bond acceptors (Lipinski definition) is 5. The molecule has 0 radical (unpaired) electrons. The summed E-state index contributed by atoms with van der Waals surface area (Å²) in [4.78, 5) is 39.1. The highest BCUT2D eigenvalue weighted by Gasteiger charge is 2.25. The molecule has 1 aliphatic heterocycles. The molecule has 0 atom stereocenters. The van der Waals surface area contributed by atoms with Crippen molar-refractivity contribution < 1.29 is 23.5 Å². The van der Waals surface area contributed by atoms with Crippen molar-refractivity contribution in [3.05, 3.63) is 71.5 Å². The second-order valence-corrected chi connectivity index (χ2v) is 9.05. The van der Waals surface area contributed by atoms with Crippen molar-refractivity contribution >= 4 is 29.2 Å². The number of ketones is 1. The van der Waals surface area contributed by atoms with E-state index in [2.05, 4.69) is 5.32 Å². The van der Waals surface area contributed by atoms with Gasteiger partial charge in [-0.3, -0.25) is 14.9 Å². The van der Waals surface area contributed by atoms with Gasteiger partial charge in [-0.15, -0.1) is 0 Å². The zero-order valence-electron chi connectivity index (χ0n) is 19.1. The molecule has 0 fully saturated rings. The third-order valence-corrected chi connectivity index (χ3v) is 5.38. The first-order valence-electron chi connectivity index (χ1n) is 10.7. The minimum absolute atomic E-state index is 0.00425. The predicted octanol–water partition coefficient (Wildman–Crippen LogP) is 5.24. The van der Waals surface area contributed by atoms with Gasteiger partial charge in [-0.2, -0.15) is 0 Å². The lowest BCUT2D eigenvalue weighted by Crippen LogP contribution is -2.27. The smallest absolute Gasteiger partial charge is 0.412 e. The van der Waals surface area contributed by atoms with Gasteiger partial charge in [0.2, 0.25) is 5.91 Å². The molecule has 0 saturated carbocycles. The average Bonchev–Trinajstić information content (AvgIpc) is 3.36. The van der Waals surface area contributed by atoms with E-state index in [0.29, 0.717) is 22.6 Å². The molecule has 7 heteroatoms. The molecule has 4 rings (SSSR count). The van der Waals surface area contributed by atoms with Crippen molar-refractivity contribution in [3.63, 3.8) is 0 Å². The Bertz CT molecular complexity index is 1220. The first kappa shape index (κ1) is 22.3. The fraction of sp³-hybridized carbons (Fsp3) is 0.269. The molecule has 1 aromatic heterocycles. The number of likely N-dealkylation sites (N-methyl/N-ethyl adjacent to an activating group) is 1. The Morgan fingerprint density at radius 1 is 1.12 bits per heavy atom. The summed E-state index contributed by atoms with van der Waals surface area (Å²) in [5.41, 5.74) is 3.44. The number of benzene rings is 2. The molecule has 1 aliphatic rings. The lowest BCUT2D eigenvalue weighted by molar-refractivity contribution is -0.117. The second-order valence-electron chi connectivity index (χ2n) is 9.05. The SMILES string of the molecule is CN1C(=O)Cc2cc(C(=O)Cc3cc(-c4ccco4)ccc3NC(=O)OC(C)(C)C)ccc21. The molecular weight excluding hydrogens is 420 g/mol. The van der Waals surface area contributed by atoms with Gasteiger partial charge in [0.25, 0.3) is 0 Å². The number of nitrogens with zero attached hydrogens (tertiary/aromatic N) is 1. The van der Waals surface area contributed by atoms with Crippen molar-refractivity contribution in [2.75, 3.05) is 17.3 Å². The highest BCUT2D eigenvalue weighted by Crippen LogP contribution is 2.30. The molecular formula is C26H26N2O5. The molecule has 170 valence electrons. The molecule has 0 aliphatic carbocycles. The molecule has 7 nitrogen and oxygen atoms in total. The van der Waals surface area contributed by atoms with E-state index in [1.165, 1.54) is 0 Å². The van der Waals surface area contributed by atoms with Crippen LogP contribution in [0.3, 0.4) is 0 Å². The molecule has 0 spiro atoms. The first-order valence-corrected chi connectivity index (χ1v) is 10.7. The normalized spacial score (nSPS) is 13.1. The maximum atomic E-state index is 13.2. The maximum absolute atomic E-state index is 13.2. The number of furan rings is 1. The number of fused-ring (bicyclic) bond motifs is 1. The Balaban J connectivity index is 1.62. The lowest BCUT2D eigenvalue weighted by Gasteiger charge is -2.20.